The van der Waals surface area contributed by atoms with Gasteiger partial charge in [0.15, 0.2) is 0 Å². The lowest BCUT2D eigenvalue weighted by Crippen LogP contribution is -2.04. The summed E-state index contributed by atoms with van der Waals surface area (Å²) >= 11 is 6.89. The van der Waals surface area contributed by atoms with Gasteiger partial charge < -0.3 is 4.74 Å². The number of halogens is 2. The summed E-state index contributed by atoms with van der Waals surface area (Å²) in [4.78, 5) is 0. The van der Waals surface area contributed by atoms with Gasteiger partial charge in [-0.05, 0) is 40.5 Å². The number of hydrogen-bond donors (Lipinski definition) is 0. The zero-order valence-corrected chi connectivity index (χ0v) is 14.3. The van der Waals surface area contributed by atoms with Gasteiger partial charge in [0.25, 0.3) is 0 Å². The molecule has 1 aromatic heterocycles. The molecule has 0 aliphatic carbocycles. The highest BCUT2D eigenvalue weighted by atomic mass is 79.9. The van der Waals surface area contributed by atoms with Crippen molar-refractivity contribution in [3.8, 4) is 11.8 Å². The predicted octanol–water partition coefficient (Wildman–Crippen LogP) is 3.96. The van der Waals surface area contributed by atoms with Gasteiger partial charge in [-0.3, -0.25) is 4.68 Å². The predicted molar refractivity (Wildman–Crippen MR) is 83.5 cm³/mol. The third-order valence-electron chi connectivity index (χ3n) is 2.93. The Labute approximate surface area is 134 Å². The van der Waals surface area contributed by atoms with Gasteiger partial charge in [-0.2, -0.15) is 10.4 Å². The van der Waals surface area contributed by atoms with Crippen LogP contribution in [0.1, 0.15) is 23.9 Å². The summed E-state index contributed by atoms with van der Waals surface area (Å²) in [7, 11) is 1.88. The second-order valence-corrected chi connectivity index (χ2v) is 5.93. The van der Waals surface area contributed by atoms with Crippen LogP contribution in [0.5, 0.6) is 5.75 Å². The number of aromatic nitrogens is 2. The average Bonchev–Trinajstić information content (AvgIpc) is 2.72. The molecule has 104 valence electrons. The standard InChI is InChI=1S/C14H13Br2N3O/c1-3-11-14(16)12(19(2)18-11)8-20-13-5-4-10(15)6-9(13)7-17/h4-6H,3,8H2,1-2H3. The largest absolute Gasteiger partial charge is 0.486 e. The van der Waals surface area contributed by atoms with Crippen molar-refractivity contribution in [3.05, 3.63) is 44.1 Å². The fraction of sp³-hybridized carbons (Fsp3) is 0.286. The number of nitrogens with zero attached hydrogens (tertiary/aromatic N) is 3. The molecule has 20 heavy (non-hydrogen) atoms. The molecule has 0 aliphatic heterocycles. The van der Waals surface area contributed by atoms with Gasteiger partial charge in [0.1, 0.15) is 18.4 Å². The zero-order valence-electron chi connectivity index (χ0n) is 11.2. The van der Waals surface area contributed by atoms with Crippen LogP contribution in [0.15, 0.2) is 27.1 Å². The molecule has 1 aromatic carbocycles. The molecule has 0 saturated carbocycles. The van der Waals surface area contributed by atoms with Crippen LogP contribution in [-0.2, 0) is 20.1 Å². The highest BCUT2D eigenvalue weighted by Crippen LogP contribution is 2.26. The summed E-state index contributed by atoms with van der Waals surface area (Å²) < 4.78 is 9.38. The summed E-state index contributed by atoms with van der Waals surface area (Å²) in [6, 6.07) is 7.51. The van der Waals surface area contributed by atoms with E-state index in [0.29, 0.717) is 17.9 Å². The Bertz CT molecular complexity index is 674. The Balaban J connectivity index is 2.22. The second-order valence-electron chi connectivity index (χ2n) is 4.23. The SMILES string of the molecule is CCc1nn(C)c(COc2ccc(Br)cc2C#N)c1Br. The minimum absolute atomic E-state index is 0.362. The summed E-state index contributed by atoms with van der Waals surface area (Å²) in [6.45, 7) is 2.42. The third-order valence-corrected chi connectivity index (χ3v) is 4.34. The van der Waals surface area contributed by atoms with Gasteiger partial charge in [0.05, 0.1) is 21.4 Å². The van der Waals surface area contributed by atoms with Crippen molar-refractivity contribution < 1.29 is 4.74 Å². The summed E-state index contributed by atoms with van der Waals surface area (Å²) in [5.41, 5.74) is 2.46. The molecule has 0 saturated heterocycles. The fourth-order valence-corrected chi connectivity index (χ4v) is 2.93. The lowest BCUT2D eigenvalue weighted by Gasteiger charge is -2.09. The highest BCUT2D eigenvalue weighted by molar-refractivity contribution is 9.10. The topological polar surface area (TPSA) is 50.8 Å². The number of rotatable bonds is 4. The minimum atomic E-state index is 0.362. The maximum atomic E-state index is 9.11. The molecule has 0 amide bonds. The van der Waals surface area contributed by atoms with E-state index in [2.05, 4.69) is 50.0 Å². The van der Waals surface area contributed by atoms with Crippen molar-refractivity contribution in [1.82, 2.24) is 9.78 Å². The first-order chi connectivity index (χ1) is 9.56. The molecule has 0 spiro atoms. The number of aryl methyl sites for hydroxylation is 2. The fourth-order valence-electron chi connectivity index (χ4n) is 1.84. The maximum Gasteiger partial charge on any atom is 0.137 e. The van der Waals surface area contributed by atoms with E-state index in [1.807, 2.05) is 13.1 Å². The van der Waals surface area contributed by atoms with E-state index >= 15 is 0 Å². The van der Waals surface area contributed by atoms with E-state index < -0.39 is 0 Å². The van der Waals surface area contributed by atoms with Crippen molar-refractivity contribution >= 4 is 31.9 Å². The van der Waals surface area contributed by atoms with Gasteiger partial charge in [-0.15, -0.1) is 0 Å². The van der Waals surface area contributed by atoms with Gasteiger partial charge >= 0.3 is 0 Å². The molecule has 4 nitrogen and oxygen atoms in total. The maximum absolute atomic E-state index is 9.11. The molecule has 0 aliphatic rings. The van der Waals surface area contributed by atoms with Crippen molar-refractivity contribution in [2.75, 3.05) is 0 Å². The van der Waals surface area contributed by atoms with Crippen LogP contribution >= 0.6 is 31.9 Å². The van der Waals surface area contributed by atoms with Crippen molar-refractivity contribution in [2.24, 2.45) is 7.05 Å². The molecule has 2 rings (SSSR count). The lowest BCUT2D eigenvalue weighted by molar-refractivity contribution is 0.293. The normalized spacial score (nSPS) is 10.3. The molecule has 0 radical (unpaired) electrons. The van der Waals surface area contributed by atoms with Crippen molar-refractivity contribution in [1.29, 1.82) is 5.26 Å². The van der Waals surface area contributed by atoms with Gasteiger partial charge in [0, 0.05) is 11.5 Å². The van der Waals surface area contributed by atoms with Crippen molar-refractivity contribution in [3.63, 3.8) is 0 Å². The van der Waals surface area contributed by atoms with Crippen LogP contribution in [-0.4, -0.2) is 9.78 Å². The summed E-state index contributed by atoms with van der Waals surface area (Å²) in [5, 5.41) is 13.5. The Morgan fingerprint density at radius 2 is 2.15 bits per heavy atom. The Morgan fingerprint density at radius 1 is 1.40 bits per heavy atom. The van der Waals surface area contributed by atoms with Gasteiger partial charge in [0.2, 0.25) is 0 Å². The molecular weight excluding hydrogens is 386 g/mol. The number of hydrogen-bond acceptors (Lipinski definition) is 3. The molecule has 0 atom stereocenters. The van der Waals surface area contributed by atoms with Crippen LogP contribution in [0.4, 0.5) is 0 Å². The van der Waals surface area contributed by atoms with E-state index in [-0.39, 0.29) is 0 Å². The number of nitriles is 1. The zero-order chi connectivity index (χ0) is 14.7. The summed E-state index contributed by atoms with van der Waals surface area (Å²) in [6.07, 6.45) is 0.857. The molecule has 2 aromatic rings. The first-order valence-electron chi connectivity index (χ1n) is 6.09. The van der Waals surface area contributed by atoms with Crippen molar-refractivity contribution in [2.45, 2.75) is 20.0 Å². The van der Waals surface area contributed by atoms with Crippen LogP contribution in [0, 0.1) is 11.3 Å². The second kappa shape index (κ2) is 6.42. The van der Waals surface area contributed by atoms with E-state index in [9.17, 15) is 0 Å². The summed E-state index contributed by atoms with van der Waals surface area (Å²) in [5.74, 6) is 0.571. The highest BCUT2D eigenvalue weighted by Gasteiger charge is 2.14. The number of ether oxygens (including phenoxy) is 1. The average molecular weight is 399 g/mol. The Hall–Kier alpha value is -1.32. The molecule has 6 heteroatoms. The van der Waals surface area contributed by atoms with Crippen LogP contribution < -0.4 is 4.74 Å². The van der Waals surface area contributed by atoms with Crippen LogP contribution in [0.2, 0.25) is 0 Å². The number of benzene rings is 1. The van der Waals surface area contributed by atoms with Gasteiger partial charge in [-0.25, -0.2) is 0 Å². The first kappa shape index (κ1) is 15.1. The van der Waals surface area contributed by atoms with E-state index in [4.69, 9.17) is 10.00 Å². The smallest absolute Gasteiger partial charge is 0.137 e. The molecule has 0 unspecified atom stereocenters. The monoisotopic (exact) mass is 397 g/mol. The molecule has 1 heterocycles. The third kappa shape index (κ3) is 3.05. The molecule has 0 bridgehead atoms. The Kier molecular flexibility index (Phi) is 4.84. The minimum Gasteiger partial charge on any atom is -0.486 e. The van der Waals surface area contributed by atoms with Gasteiger partial charge in [-0.1, -0.05) is 22.9 Å². The molecular formula is C14H13Br2N3O. The molecule has 0 fully saturated rings. The lowest BCUT2D eigenvalue weighted by atomic mass is 10.2. The van der Waals surface area contributed by atoms with E-state index in [1.54, 1.807) is 16.8 Å². The Morgan fingerprint density at radius 3 is 2.75 bits per heavy atom. The van der Waals surface area contributed by atoms with E-state index in [0.717, 1.165) is 26.8 Å². The quantitative estimate of drug-likeness (QED) is 0.783. The molecule has 0 N–H and O–H groups in total. The first-order valence-corrected chi connectivity index (χ1v) is 7.68. The van der Waals surface area contributed by atoms with Crippen LogP contribution in [0.3, 0.4) is 0 Å². The van der Waals surface area contributed by atoms with Crippen LogP contribution in [0.25, 0.3) is 0 Å². The van der Waals surface area contributed by atoms with E-state index in [1.165, 1.54) is 0 Å².